The summed E-state index contributed by atoms with van der Waals surface area (Å²) in [6, 6.07) is 9.95. The van der Waals surface area contributed by atoms with Gasteiger partial charge in [0.1, 0.15) is 5.82 Å². The van der Waals surface area contributed by atoms with Crippen LogP contribution in [0.5, 0.6) is 0 Å². The van der Waals surface area contributed by atoms with Gasteiger partial charge in [0.25, 0.3) is 0 Å². The molecule has 0 fully saturated rings. The molecular formula is C16H16FNO2S. The number of nitrogens with one attached hydrogen (secondary N) is 1. The van der Waals surface area contributed by atoms with Crippen molar-refractivity contribution in [1.29, 1.82) is 0 Å². The summed E-state index contributed by atoms with van der Waals surface area (Å²) >= 11 is 1.43. The van der Waals surface area contributed by atoms with Gasteiger partial charge in [-0.2, -0.15) is 0 Å². The van der Waals surface area contributed by atoms with E-state index in [-0.39, 0.29) is 36.9 Å². The minimum Gasteiger partial charge on any atom is -0.352 e. The van der Waals surface area contributed by atoms with Crippen LogP contribution in [0.3, 0.4) is 0 Å². The third-order valence-electron chi connectivity index (χ3n) is 3.03. The van der Waals surface area contributed by atoms with Crippen LogP contribution in [0.15, 0.2) is 36.4 Å². The molecule has 5 heteroatoms. The van der Waals surface area contributed by atoms with E-state index in [2.05, 4.69) is 5.32 Å². The summed E-state index contributed by atoms with van der Waals surface area (Å²) < 4.78 is 13.4. The average molecular weight is 305 g/mol. The highest BCUT2D eigenvalue weighted by Crippen LogP contribution is 2.17. The van der Waals surface area contributed by atoms with Gasteiger partial charge < -0.3 is 5.32 Å². The molecule has 0 spiro atoms. The minimum atomic E-state index is -0.345. The van der Waals surface area contributed by atoms with Gasteiger partial charge in [-0.1, -0.05) is 18.2 Å². The molecule has 1 amide bonds. The smallest absolute Gasteiger partial charge is 0.220 e. The van der Waals surface area contributed by atoms with Crippen LogP contribution in [-0.2, 0) is 11.3 Å². The lowest BCUT2D eigenvalue weighted by molar-refractivity contribution is -0.121. The first-order valence-electron chi connectivity index (χ1n) is 6.66. The molecule has 1 N–H and O–H groups in total. The third-order valence-corrected chi connectivity index (χ3v) is 4.07. The first-order valence-corrected chi connectivity index (χ1v) is 7.47. The van der Waals surface area contributed by atoms with Crippen molar-refractivity contribution in [3.05, 3.63) is 57.5 Å². The number of aryl methyl sites for hydroxylation is 1. The van der Waals surface area contributed by atoms with Crippen molar-refractivity contribution in [2.24, 2.45) is 0 Å². The zero-order valence-corrected chi connectivity index (χ0v) is 12.5. The van der Waals surface area contributed by atoms with E-state index < -0.39 is 0 Å². The zero-order chi connectivity index (χ0) is 15.2. The molecule has 0 saturated heterocycles. The summed E-state index contributed by atoms with van der Waals surface area (Å²) in [5.74, 6) is -0.628. The largest absolute Gasteiger partial charge is 0.352 e. The first kappa shape index (κ1) is 15.4. The van der Waals surface area contributed by atoms with Crippen LogP contribution in [0.2, 0.25) is 0 Å². The average Bonchev–Trinajstić information content (AvgIpc) is 2.90. The second-order valence-electron chi connectivity index (χ2n) is 4.70. The SMILES string of the molecule is Cc1ccc(C(=O)CCC(=O)NCc2ccccc2F)s1. The fraction of sp³-hybridized carbons (Fsp3) is 0.250. The highest BCUT2D eigenvalue weighted by molar-refractivity contribution is 7.14. The van der Waals surface area contributed by atoms with Crippen LogP contribution < -0.4 is 5.32 Å². The van der Waals surface area contributed by atoms with Crippen LogP contribution in [0.1, 0.15) is 33.0 Å². The number of rotatable bonds is 6. The van der Waals surface area contributed by atoms with Crippen molar-refractivity contribution in [2.75, 3.05) is 0 Å². The Hall–Kier alpha value is -2.01. The molecule has 0 aliphatic rings. The number of ketones is 1. The summed E-state index contributed by atoms with van der Waals surface area (Å²) in [5, 5.41) is 2.62. The summed E-state index contributed by atoms with van der Waals surface area (Å²) in [5.41, 5.74) is 0.436. The van der Waals surface area contributed by atoms with Crippen LogP contribution in [0.25, 0.3) is 0 Å². The highest BCUT2D eigenvalue weighted by Gasteiger charge is 2.11. The summed E-state index contributed by atoms with van der Waals surface area (Å²) in [4.78, 5) is 25.3. The maximum absolute atomic E-state index is 13.4. The quantitative estimate of drug-likeness (QED) is 0.831. The second-order valence-corrected chi connectivity index (χ2v) is 5.99. The molecule has 21 heavy (non-hydrogen) atoms. The standard InChI is InChI=1S/C16H16FNO2S/c1-11-6-8-15(21-11)14(19)7-9-16(20)18-10-12-4-2-3-5-13(12)17/h2-6,8H,7,9-10H2,1H3,(H,18,20). The van der Waals surface area contributed by atoms with E-state index in [1.807, 2.05) is 13.0 Å². The Morgan fingerprint density at radius 2 is 1.90 bits per heavy atom. The number of halogens is 1. The number of hydrogen-bond acceptors (Lipinski definition) is 3. The summed E-state index contributed by atoms with van der Waals surface area (Å²) in [6.07, 6.45) is 0.285. The molecule has 110 valence electrons. The van der Waals surface area contributed by atoms with Gasteiger partial charge in [0.05, 0.1) is 4.88 Å². The number of thiophene rings is 1. The molecule has 0 aliphatic heterocycles. The molecule has 3 nitrogen and oxygen atoms in total. The van der Waals surface area contributed by atoms with E-state index in [4.69, 9.17) is 0 Å². The molecule has 1 aromatic carbocycles. The number of carbonyl (C=O) groups excluding carboxylic acids is 2. The minimum absolute atomic E-state index is 0.0332. The van der Waals surface area contributed by atoms with E-state index in [0.29, 0.717) is 10.4 Å². The van der Waals surface area contributed by atoms with Gasteiger partial charge in [0.2, 0.25) is 5.91 Å². The molecule has 2 aromatic rings. The summed E-state index contributed by atoms with van der Waals surface area (Å²) in [7, 11) is 0. The van der Waals surface area contributed by atoms with E-state index in [1.165, 1.54) is 17.4 Å². The molecule has 1 heterocycles. The zero-order valence-electron chi connectivity index (χ0n) is 11.7. The molecule has 1 aromatic heterocycles. The Labute approximate surface area is 126 Å². The Kier molecular flexibility index (Phi) is 5.22. The lowest BCUT2D eigenvalue weighted by Gasteiger charge is -2.05. The van der Waals surface area contributed by atoms with Crippen molar-refractivity contribution in [3.8, 4) is 0 Å². The van der Waals surface area contributed by atoms with Gasteiger partial charge in [0.15, 0.2) is 5.78 Å². The fourth-order valence-corrected chi connectivity index (χ4v) is 2.69. The van der Waals surface area contributed by atoms with Crippen molar-refractivity contribution in [1.82, 2.24) is 5.32 Å². The Bertz CT molecular complexity index is 651. The molecular weight excluding hydrogens is 289 g/mol. The number of hydrogen-bond donors (Lipinski definition) is 1. The number of carbonyl (C=O) groups is 2. The molecule has 0 saturated carbocycles. The van der Waals surface area contributed by atoms with Crippen LogP contribution in [0, 0.1) is 12.7 Å². The third kappa shape index (κ3) is 4.49. The molecule has 0 bridgehead atoms. The molecule has 0 radical (unpaired) electrons. The Balaban J connectivity index is 1.78. The lowest BCUT2D eigenvalue weighted by atomic mass is 10.1. The number of benzene rings is 1. The maximum atomic E-state index is 13.4. The van der Waals surface area contributed by atoms with Crippen LogP contribution in [0.4, 0.5) is 4.39 Å². The van der Waals surface area contributed by atoms with Gasteiger partial charge in [-0.3, -0.25) is 9.59 Å². The molecule has 0 unspecified atom stereocenters. The van der Waals surface area contributed by atoms with E-state index in [0.717, 1.165) is 4.88 Å². The van der Waals surface area contributed by atoms with Gasteiger partial charge in [-0.25, -0.2) is 4.39 Å². The van der Waals surface area contributed by atoms with Gasteiger partial charge in [0, 0.05) is 29.8 Å². The topological polar surface area (TPSA) is 46.2 Å². The molecule has 0 aliphatic carbocycles. The monoisotopic (exact) mass is 305 g/mol. The van der Waals surface area contributed by atoms with E-state index >= 15 is 0 Å². The van der Waals surface area contributed by atoms with Crippen molar-refractivity contribution < 1.29 is 14.0 Å². The summed E-state index contributed by atoms with van der Waals surface area (Å²) in [6.45, 7) is 2.07. The molecule has 2 rings (SSSR count). The predicted molar refractivity (Wildman–Crippen MR) is 80.9 cm³/mol. The van der Waals surface area contributed by atoms with Crippen molar-refractivity contribution in [2.45, 2.75) is 26.3 Å². The Morgan fingerprint density at radius 1 is 1.14 bits per heavy atom. The van der Waals surface area contributed by atoms with Gasteiger partial charge in [-0.15, -0.1) is 11.3 Å². The van der Waals surface area contributed by atoms with E-state index in [9.17, 15) is 14.0 Å². The van der Waals surface area contributed by atoms with Crippen LogP contribution >= 0.6 is 11.3 Å². The predicted octanol–water partition coefficient (Wildman–Crippen LogP) is 3.47. The normalized spacial score (nSPS) is 10.4. The highest BCUT2D eigenvalue weighted by atomic mass is 32.1. The Morgan fingerprint density at radius 3 is 2.57 bits per heavy atom. The number of Topliss-reactive ketones (excluding diaryl/α,β-unsaturated/α-hetero) is 1. The van der Waals surface area contributed by atoms with E-state index in [1.54, 1.807) is 24.3 Å². The van der Waals surface area contributed by atoms with Crippen molar-refractivity contribution in [3.63, 3.8) is 0 Å². The second kappa shape index (κ2) is 7.13. The number of amides is 1. The van der Waals surface area contributed by atoms with Gasteiger partial charge >= 0.3 is 0 Å². The van der Waals surface area contributed by atoms with Gasteiger partial charge in [-0.05, 0) is 25.1 Å². The first-order chi connectivity index (χ1) is 10.1. The fourth-order valence-electron chi connectivity index (χ4n) is 1.86. The maximum Gasteiger partial charge on any atom is 0.220 e. The van der Waals surface area contributed by atoms with Crippen LogP contribution in [-0.4, -0.2) is 11.7 Å². The molecule has 0 atom stereocenters. The lowest BCUT2D eigenvalue weighted by Crippen LogP contribution is -2.23. The van der Waals surface area contributed by atoms with Crippen molar-refractivity contribution >= 4 is 23.0 Å².